The summed E-state index contributed by atoms with van der Waals surface area (Å²) in [6, 6.07) is 0.199. The minimum absolute atomic E-state index is 0.199. The van der Waals surface area contributed by atoms with Crippen molar-refractivity contribution in [1.29, 1.82) is 0 Å². The van der Waals surface area contributed by atoms with Crippen molar-refractivity contribution in [2.24, 2.45) is 17.1 Å². The van der Waals surface area contributed by atoms with Gasteiger partial charge in [-0.05, 0) is 54.0 Å². The van der Waals surface area contributed by atoms with E-state index in [-0.39, 0.29) is 6.04 Å². The molecule has 0 radical (unpaired) electrons. The Morgan fingerprint density at radius 1 is 1.35 bits per heavy atom. The van der Waals surface area contributed by atoms with Gasteiger partial charge in [0.2, 0.25) is 0 Å². The highest BCUT2D eigenvalue weighted by Gasteiger charge is 2.20. The fourth-order valence-corrected chi connectivity index (χ4v) is 3.49. The van der Waals surface area contributed by atoms with E-state index >= 15 is 0 Å². The monoisotopic (exact) mass is 343 g/mol. The zero-order valence-corrected chi connectivity index (χ0v) is 15.4. The lowest BCUT2D eigenvalue weighted by Crippen LogP contribution is -2.28. The van der Waals surface area contributed by atoms with Crippen LogP contribution in [-0.4, -0.2) is 15.8 Å². The van der Waals surface area contributed by atoms with Crippen molar-refractivity contribution in [3.63, 3.8) is 0 Å². The molecule has 1 heterocycles. The summed E-state index contributed by atoms with van der Waals surface area (Å²) in [5.74, 6) is 0.655. The van der Waals surface area contributed by atoms with E-state index in [1.165, 1.54) is 12.1 Å². The molecule has 20 heavy (non-hydrogen) atoms. The maximum absolute atomic E-state index is 6.37. The van der Waals surface area contributed by atoms with Crippen molar-refractivity contribution >= 4 is 15.9 Å². The summed E-state index contributed by atoms with van der Waals surface area (Å²) in [5, 5.41) is 4.53. The van der Waals surface area contributed by atoms with Crippen LogP contribution in [-0.2, 0) is 13.0 Å². The number of aromatic nitrogens is 2. The summed E-state index contributed by atoms with van der Waals surface area (Å²) in [4.78, 5) is 0. The zero-order chi connectivity index (χ0) is 15.5. The first-order valence-corrected chi connectivity index (χ1v) is 8.40. The van der Waals surface area contributed by atoms with E-state index in [2.05, 4.69) is 60.3 Å². The fraction of sp³-hybridized carbons (Fsp3) is 0.812. The van der Waals surface area contributed by atoms with Gasteiger partial charge in [-0.25, -0.2) is 0 Å². The SMILES string of the molecule is CCn1nc(C)c(Br)c1CC(N)CC(C)CC(C)(C)C. The summed E-state index contributed by atoms with van der Waals surface area (Å²) in [6.07, 6.45) is 3.18. The van der Waals surface area contributed by atoms with Crippen LogP contribution in [0.4, 0.5) is 0 Å². The summed E-state index contributed by atoms with van der Waals surface area (Å²) in [5.41, 5.74) is 9.03. The average Bonchev–Trinajstić information content (AvgIpc) is 2.53. The second-order valence-electron chi connectivity index (χ2n) is 7.23. The highest BCUT2D eigenvalue weighted by molar-refractivity contribution is 9.10. The number of hydrogen-bond acceptors (Lipinski definition) is 2. The van der Waals surface area contributed by atoms with Crippen molar-refractivity contribution in [3.8, 4) is 0 Å². The second kappa shape index (κ2) is 7.08. The van der Waals surface area contributed by atoms with Crippen molar-refractivity contribution in [2.45, 2.75) is 73.4 Å². The van der Waals surface area contributed by atoms with E-state index in [1.54, 1.807) is 0 Å². The van der Waals surface area contributed by atoms with Crippen LogP contribution < -0.4 is 5.73 Å². The van der Waals surface area contributed by atoms with Crippen LogP contribution in [0.15, 0.2) is 4.47 Å². The largest absolute Gasteiger partial charge is 0.327 e. The summed E-state index contributed by atoms with van der Waals surface area (Å²) >= 11 is 3.65. The van der Waals surface area contributed by atoms with Crippen LogP contribution in [0.5, 0.6) is 0 Å². The third-order valence-corrected chi connectivity index (χ3v) is 4.61. The van der Waals surface area contributed by atoms with Gasteiger partial charge in [0.15, 0.2) is 0 Å². The van der Waals surface area contributed by atoms with Gasteiger partial charge in [0, 0.05) is 19.0 Å². The molecule has 1 aromatic heterocycles. The Morgan fingerprint density at radius 2 is 1.95 bits per heavy atom. The Bertz CT molecular complexity index is 432. The predicted octanol–water partition coefficient (Wildman–Crippen LogP) is 4.31. The Morgan fingerprint density at radius 3 is 2.45 bits per heavy atom. The van der Waals surface area contributed by atoms with Gasteiger partial charge in [-0.15, -0.1) is 0 Å². The molecule has 0 aromatic carbocycles. The molecule has 3 nitrogen and oxygen atoms in total. The number of hydrogen-bond donors (Lipinski definition) is 1. The first-order chi connectivity index (χ1) is 9.14. The minimum atomic E-state index is 0.199. The van der Waals surface area contributed by atoms with Gasteiger partial charge >= 0.3 is 0 Å². The molecule has 0 aliphatic carbocycles. The van der Waals surface area contributed by atoms with Crippen molar-refractivity contribution in [1.82, 2.24) is 9.78 Å². The molecule has 0 bridgehead atoms. The van der Waals surface area contributed by atoms with E-state index in [0.29, 0.717) is 11.3 Å². The molecule has 0 aliphatic rings. The number of aryl methyl sites for hydroxylation is 2. The lowest BCUT2D eigenvalue weighted by molar-refractivity contribution is 0.284. The van der Waals surface area contributed by atoms with Gasteiger partial charge in [0.25, 0.3) is 0 Å². The quantitative estimate of drug-likeness (QED) is 0.836. The van der Waals surface area contributed by atoms with Crippen LogP contribution in [0.2, 0.25) is 0 Å². The number of halogens is 1. The molecule has 2 N–H and O–H groups in total. The van der Waals surface area contributed by atoms with Crippen molar-refractivity contribution in [3.05, 3.63) is 15.9 Å². The number of nitrogens with zero attached hydrogens (tertiary/aromatic N) is 2. The fourth-order valence-electron chi connectivity index (χ4n) is 3.04. The molecular weight excluding hydrogens is 314 g/mol. The predicted molar refractivity (Wildman–Crippen MR) is 89.9 cm³/mol. The van der Waals surface area contributed by atoms with Crippen molar-refractivity contribution in [2.75, 3.05) is 0 Å². The maximum atomic E-state index is 6.37. The molecule has 0 aliphatic heterocycles. The van der Waals surface area contributed by atoms with Crippen LogP contribution in [0, 0.1) is 18.3 Å². The highest BCUT2D eigenvalue weighted by atomic mass is 79.9. The Labute approximate surface area is 132 Å². The van der Waals surface area contributed by atoms with E-state index in [9.17, 15) is 0 Å². The van der Waals surface area contributed by atoms with E-state index in [0.717, 1.165) is 29.6 Å². The Kier molecular flexibility index (Phi) is 6.26. The molecule has 1 aromatic rings. The molecule has 2 unspecified atom stereocenters. The summed E-state index contributed by atoms with van der Waals surface area (Å²) in [7, 11) is 0. The molecule has 0 fully saturated rings. The van der Waals surface area contributed by atoms with Gasteiger partial charge in [-0.1, -0.05) is 27.7 Å². The Hall–Kier alpha value is -0.350. The minimum Gasteiger partial charge on any atom is -0.327 e. The normalized spacial score (nSPS) is 15.4. The number of rotatable bonds is 6. The van der Waals surface area contributed by atoms with E-state index in [1.807, 2.05) is 6.92 Å². The second-order valence-corrected chi connectivity index (χ2v) is 8.02. The van der Waals surface area contributed by atoms with Crippen LogP contribution >= 0.6 is 15.9 Å². The van der Waals surface area contributed by atoms with Crippen molar-refractivity contribution < 1.29 is 0 Å². The lowest BCUT2D eigenvalue weighted by atomic mass is 9.82. The molecule has 1 rings (SSSR count). The first-order valence-electron chi connectivity index (χ1n) is 7.61. The molecule has 0 amide bonds. The highest BCUT2D eigenvalue weighted by Crippen LogP contribution is 2.28. The lowest BCUT2D eigenvalue weighted by Gasteiger charge is -2.25. The third-order valence-electron chi connectivity index (χ3n) is 3.57. The van der Waals surface area contributed by atoms with Gasteiger partial charge in [-0.3, -0.25) is 4.68 Å². The summed E-state index contributed by atoms with van der Waals surface area (Å²) in [6.45, 7) is 14.2. The van der Waals surface area contributed by atoms with Gasteiger partial charge < -0.3 is 5.73 Å². The average molecular weight is 344 g/mol. The third kappa shape index (κ3) is 5.21. The van der Waals surface area contributed by atoms with Gasteiger partial charge in [0.1, 0.15) is 0 Å². The van der Waals surface area contributed by atoms with Gasteiger partial charge in [0.05, 0.1) is 15.9 Å². The molecule has 4 heteroatoms. The Balaban J connectivity index is 2.65. The first kappa shape index (κ1) is 17.7. The molecule has 2 atom stereocenters. The van der Waals surface area contributed by atoms with Crippen LogP contribution in [0.3, 0.4) is 0 Å². The summed E-state index contributed by atoms with van der Waals surface area (Å²) < 4.78 is 3.19. The van der Waals surface area contributed by atoms with Crippen LogP contribution in [0.25, 0.3) is 0 Å². The molecular formula is C16H30BrN3. The van der Waals surface area contributed by atoms with Crippen LogP contribution in [0.1, 0.15) is 58.8 Å². The number of nitrogens with two attached hydrogens (primary N) is 1. The molecule has 0 spiro atoms. The maximum Gasteiger partial charge on any atom is 0.0738 e. The smallest absolute Gasteiger partial charge is 0.0738 e. The van der Waals surface area contributed by atoms with Gasteiger partial charge in [-0.2, -0.15) is 5.10 Å². The standard InChI is InChI=1S/C16H30BrN3/c1-7-20-14(15(17)12(3)19-20)9-13(18)8-11(2)10-16(4,5)6/h11,13H,7-10,18H2,1-6H3. The molecule has 116 valence electrons. The van der Waals surface area contributed by atoms with E-state index in [4.69, 9.17) is 5.73 Å². The topological polar surface area (TPSA) is 43.8 Å². The molecule has 0 saturated carbocycles. The van der Waals surface area contributed by atoms with E-state index < -0.39 is 0 Å². The zero-order valence-electron chi connectivity index (χ0n) is 13.8. The molecule has 0 saturated heterocycles.